The van der Waals surface area contributed by atoms with Crippen LogP contribution < -0.4 is 4.74 Å². The standard InChI is InChI=1S/C15H19NO4S/c1-20-15-7-6-13(5-2-3-9-17)11-14(15)12-16-8-4-10-21(16,18)19/h6-7,11,17H,3-4,8-10,12H2,1H3. The van der Waals surface area contributed by atoms with E-state index in [0.717, 1.165) is 11.1 Å². The Balaban J connectivity index is 2.24. The van der Waals surface area contributed by atoms with Gasteiger partial charge in [0.25, 0.3) is 0 Å². The Morgan fingerprint density at radius 2 is 2.24 bits per heavy atom. The lowest BCUT2D eigenvalue weighted by Crippen LogP contribution is -2.25. The molecule has 0 atom stereocenters. The first kappa shape index (κ1) is 15.8. The maximum atomic E-state index is 11.9. The summed E-state index contributed by atoms with van der Waals surface area (Å²) in [6, 6.07) is 5.46. The van der Waals surface area contributed by atoms with E-state index in [1.54, 1.807) is 13.2 Å². The molecule has 0 amide bonds. The molecule has 0 radical (unpaired) electrons. The van der Waals surface area contributed by atoms with Crippen LogP contribution in [0.3, 0.4) is 0 Å². The second kappa shape index (κ2) is 6.94. The molecule has 0 aliphatic carbocycles. The number of aliphatic hydroxyl groups excluding tert-OH is 1. The second-order valence-corrected chi connectivity index (χ2v) is 6.89. The highest BCUT2D eigenvalue weighted by atomic mass is 32.2. The van der Waals surface area contributed by atoms with E-state index in [0.29, 0.717) is 31.7 Å². The zero-order valence-electron chi connectivity index (χ0n) is 12.0. The fraction of sp³-hybridized carbons (Fsp3) is 0.467. The van der Waals surface area contributed by atoms with Crippen LogP contribution in [0, 0.1) is 11.8 Å². The van der Waals surface area contributed by atoms with Crippen molar-refractivity contribution < 1.29 is 18.3 Å². The highest BCUT2D eigenvalue weighted by Crippen LogP contribution is 2.25. The van der Waals surface area contributed by atoms with Gasteiger partial charge in [0.15, 0.2) is 0 Å². The molecule has 1 N–H and O–H groups in total. The predicted molar refractivity (Wildman–Crippen MR) is 80.4 cm³/mol. The summed E-state index contributed by atoms with van der Waals surface area (Å²) in [7, 11) is -1.57. The van der Waals surface area contributed by atoms with Gasteiger partial charge in [0.1, 0.15) is 5.75 Å². The maximum Gasteiger partial charge on any atom is 0.214 e. The molecule has 1 aliphatic rings. The third kappa shape index (κ3) is 3.97. The molecule has 1 fully saturated rings. The average molecular weight is 309 g/mol. The summed E-state index contributed by atoms with van der Waals surface area (Å²) in [6.07, 6.45) is 1.09. The van der Waals surface area contributed by atoms with Crippen LogP contribution in [0.15, 0.2) is 18.2 Å². The lowest BCUT2D eigenvalue weighted by Gasteiger charge is -2.16. The van der Waals surface area contributed by atoms with Gasteiger partial charge < -0.3 is 9.84 Å². The summed E-state index contributed by atoms with van der Waals surface area (Å²) in [5.74, 6) is 6.67. The Morgan fingerprint density at radius 3 is 2.86 bits per heavy atom. The normalized spacial score (nSPS) is 17.2. The van der Waals surface area contributed by atoms with Crippen LogP contribution in [0.5, 0.6) is 5.75 Å². The molecular weight excluding hydrogens is 290 g/mol. The van der Waals surface area contributed by atoms with Crippen molar-refractivity contribution in [2.24, 2.45) is 0 Å². The van der Waals surface area contributed by atoms with Crippen LogP contribution in [0.1, 0.15) is 24.0 Å². The molecule has 5 nitrogen and oxygen atoms in total. The Morgan fingerprint density at radius 1 is 1.43 bits per heavy atom. The summed E-state index contributed by atoms with van der Waals surface area (Å²) in [5.41, 5.74) is 1.59. The van der Waals surface area contributed by atoms with Crippen LogP contribution in [0.2, 0.25) is 0 Å². The number of aliphatic hydroxyl groups is 1. The molecule has 1 heterocycles. The van der Waals surface area contributed by atoms with Gasteiger partial charge in [-0.25, -0.2) is 8.42 Å². The summed E-state index contributed by atoms with van der Waals surface area (Å²) >= 11 is 0. The fourth-order valence-electron chi connectivity index (χ4n) is 2.26. The maximum absolute atomic E-state index is 11.9. The van der Waals surface area contributed by atoms with Crippen molar-refractivity contribution in [2.45, 2.75) is 19.4 Å². The predicted octanol–water partition coefficient (Wildman–Crippen LogP) is 0.965. The summed E-state index contributed by atoms with van der Waals surface area (Å²) in [5, 5.41) is 8.73. The first-order chi connectivity index (χ1) is 10.1. The molecule has 0 saturated carbocycles. The third-order valence-electron chi connectivity index (χ3n) is 3.30. The number of hydrogen-bond acceptors (Lipinski definition) is 4. The van der Waals surface area contributed by atoms with E-state index in [4.69, 9.17) is 9.84 Å². The molecule has 0 spiro atoms. The van der Waals surface area contributed by atoms with E-state index in [-0.39, 0.29) is 12.4 Å². The number of methoxy groups -OCH3 is 1. The smallest absolute Gasteiger partial charge is 0.214 e. The van der Waals surface area contributed by atoms with Crippen molar-refractivity contribution in [1.82, 2.24) is 4.31 Å². The number of sulfonamides is 1. The van der Waals surface area contributed by atoms with Crippen LogP contribution in [-0.2, 0) is 16.6 Å². The number of nitrogens with zero attached hydrogens (tertiary/aromatic N) is 1. The van der Waals surface area contributed by atoms with Crippen molar-refractivity contribution in [3.05, 3.63) is 29.3 Å². The lowest BCUT2D eigenvalue weighted by molar-refractivity contribution is 0.305. The molecule has 0 aromatic heterocycles. The van der Waals surface area contributed by atoms with Gasteiger partial charge in [-0.2, -0.15) is 4.31 Å². The molecule has 2 rings (SSSR count). The molecule has 6 heteroatoms. The minimum absolute atomic E-state index is 0.0298. The highest BCUT2D eigenvalue weighted by molar-refractivity contribution is 7.89. The van der Waals surface area contributed by atoms with Gasteiger partial charge in [0.2, 0.25) is 10.0 Å². The molecule has 0 bridgehead atoms. The van der Waals surface area contributed by atoms with E-state index >= 15 is 0 Å². The lowest BCUT2D eigenvalue weighted by atomic mass is 10.1. The van der Waals surface area contributed by atoms with Gasteiger partial charge in [-0.1, -0.05) is 11.8 Å². The quantitative estimate of drug-likeness (QED) is 0.842. The molecule has 1 aromatic rings. The van der Waals surface area contributed by atoms with Gasteiger partial charge >= 0.3 is 0 Å². The largest absolute Gasteiger partial charge is 0.496 e. The van der Waals surface area contributed by atoms with Gasteiger partial charge in [-0.3, -0.25) is 0 Å². The number of ether oxygens (including phenoxy) is 1. The minimum Gasteiger partial charge on any atom is -0.496 e. The fourth-order valence-corrected chi connectivity index (χ4v) is 3.75. The second-order valence-electron chi connectivity index (χ2n) is 4.81. The average Bonchev–Trinajstić information content (AvgIpc) is 2.79. The zero-order valence-corrected chi connectivity index (χ0v) is 12.8. The molecular formula is C15H19NO4S. The Hall–Kier alpha value is -1.55. The van der Waals surface area contributed by atoms with Gasteiger partial charge in [-0.05, 0) is 24.6 Å². The summed E-state index contributed by atoms with van der Waals surface area (Å²) in [4.78, 5) is 0. The zero-order chi connectivity index (χ0) is 15.3. The molecule has 0 unspecified atom stereocenters. The Kier molecular flexibility index (Phi) is 5.23. The van der Waals surface area contributed by atoms with Crippen LogP contribution >= 0.6 is 0 Å². The number of hydrogen-bond donors (Lipinski definition) is 1. The Bertz CT molecular complexity index is 658. The van der Waals surface area contributed by atoms with E-state index in [1.165, 1.54) is 4.31 Å². The first-order valence-corrected chi connectivity index (χ1v) is 8.42. The van der Waals surface area contributed by atoms with Crippen LogP contribution in [-0.4, -0.2) is 43.8 Å². The van der Waals surface area contributed by atoms with Gasteiger partial charge in [0.05, 0.1) is 19.5 Å². The van der Waals surface area contributed by atoms with Crippen LogP contribution in [0.4, 0.5) is 0 Å². The summed E-state index contributed by atoms with van der Waals surface area (Å²) in [6.45, 7) is 0.884. The molecule has 114 valence electrons. The number of benzene rings is 1. The van der Waals surface area contributed by atoms with E-state index in [2.05, 4.69) is 11.8 Å². The van der Waals surface area contributed by atoms with Crippen molar-refractivity contribution in [3.8, 4) is 17.6 Å². The molecule has 1 aliphatic heterocycles. The number of rotatable bonds is 4. The van der Waals surface area contributed by atoms with Crippen molar-refractivity contribution in [1.29, 1.82) is 0 Å². The topological polar surface area (TPSA) is 66.8 Å². The van der Waals surface area contributed by atoms with Crippen molar-refractivity contribution >= 4 is 10.0 Å². The molecule has 21 heavy (non-hydrogen) atoms. The van der Waals surface area contributed by atoms with E-state index < -0.39 is 10.0 Å². The van der Waals surface area contributed by atoms with E-state index in [9.17, 15) is 8.42 Å². The van der Waals surface area contributed by atoms with Crippen molar-refractivity contribution in [2.75, 3.05) is 26.0 Å². The minimum atomic E-state index is -3.14. The summed E-state index contributed by atoms with van der Waals surface area (Å²) < 4.78 is 30.6. The molecule has 1 saturated heterocycles. The monoisotopic (exact) mass is 309 g/mol. The Labute approximate surface area is 125 Å². The first-order valence-electron chi connectivity index (χ1n) is 6.81. The van der Waals surface area contributed by atoms with Gasteiger partial charge in [-0.15, -0.1) is 0 Å². The SMILES string of the molecule is COc1ccc(C#CCCO)cc1CN1CCCS1(=O)=O. The highest BCUT2D eigenvalue weighted by Gasteiger charge is 2.28. The van der Waals surface area contributed by atoms with E-state index in [1.807, 2.05) is 12.1 Å². The third-order valence-corrected chi connectivity index (χ3v) is 5.20. The van der Waals surface area contributed by atoms with Gasteiger partial charge in [0, 0.05) is 30.6 Å². The van der Waals surface area contributed by atoms with Crippen molar-refractivity contribution in [3.63, 3.8) is 0 Å². The molecule has 1 aromatic carbocycles. The van der Waals surface area contributed by atoms with Crippen LogP contribution in [0.25, 0.3) is 0 Å².